The van der Waals surface area contributed by atoms with Crippen molar-refractivity contribution < 1.29 is 9.53 Å². The SMILES string of the molecule is C=C1C[C@@](N)(C(=O)OC)C=C1C. The minimum Gasteiger partial charge on any atom is -0.467 e. The molecule has 0 aromatic rings. The van der Waals surface area contributed by atoms with E-state index in [1.165, 1.54) is 7.11 Å². The van der Waals surface area contributed by atoms with E-state index in [2.05, 4.69) is 11.3 Å². The first kappa shape index (κ1) is 9.00. The molecule has 0 saturated heterocycles. The van der Waals surface area contributed by atoms with Gasteiger partial charge in [0, 0.05) is 6.42 Å². The van der Waals surface area contributed by atoms with Gasteiger partial charge in [-0.25, -0.2) is 4.79 Å². The molecular weight excluding hydrogens is 154 g/mol. The molecule has 0 amide bonds. The highest BCUT2D eigenvalue weighted by molar-refractivity contribution is 5.85. The first-order valence-electron chi connectivity index (χ1n) is 3.74. The van der Waals surface area contributed by atoms with Gasteiger partial charge in [0.2, 0.25) is 0 Å². The standard InChI is InChI=1S/C9H13NO2/c1-6-4-9(10,5-7(6)2)8(11)12-3/h5H,1,4,10H2,2-3H3/t9-/m0/s1. The average Bonchev–Trinajstić information content (AvgIpc) is 2.26. The Labute approximate surface area is 71.9 Å². The minimum atomic E-state index is -0.976. The lowest BCUT2D eigenvalue weighted by Crippen LogP contribution is -2.45. The molecule has 0 unspecified atom stereocenters. The number of esters is 1. The van der Waals surface area contributed by atoms with E-state index in [0.717, 1.165) is 11.1 Å². The second-order valence-corrected chi connectivity index (χ2v) is 3.14. The minimum absolute atomic E-state index is 0.402. The smallest absolute Gasteiger partial charge is 0.330 e. The third-order valence-electron chi connectivity index (χ3n) is 2.10. The van der Waals surface area contributed by atoms with Crippen LogP contribution < -0.4 is 5.73 Å². The number of allylic oxidation sites excluding steroid dienone is 1. The first-order valence-corrected chi connectivity index (χ1v) is 3.74. The zero-order chi connectivity index (χ0) is 9.35. The van der Waals surface area contributed by atoms with Crippen LogP contribution in [0.25, 0.3) is 0 Å². The molecule has 12 heavy (non-hydrogen) atoms. The molecule has 0 heterocycles. The van der Waals surface area contributed by atoms with Gasteiger partial charge in [0.15, 0.2) is 0 Å². The molecule has 2 N–H and O–H groups in total. The number of methoxy groups -OCH3 is 1. The lowest BCUT2D eigenvalue weighted by molar-refractivity contribution is -0.144. The maximum atomic E-state index is 11.2. The van der Waals surface area contributed by atoms with Crippen LogP contribution >= 0.6 is 0 Å². The van der Waals surface area contributed by atoms with Crippen LogP contribution in [0.5, 0.6) is 0 Å². The van der Waals surface area contributed by atoms with E-state index in [1.807, 2.05) is 6.92 Å². The molecule has 1 aliphatic carbocycles. The number of carbonyl (C=O) groups is 1. The van der Waals surface area contributed by atoms with Crippen LogP contribution in [0.2, 0.25) is 0 Å². The summed E-state index contributed by atoms with van der Waals surface area (Å²) in [6.07, 6.45) is 2.17. The summed E-state index contributed by atoms with van der Waals surface area (Å²) in [6, 6.07) is 0. The van der Waals surface area contributed by atoms with Crippen molar-refractivity contribution in [3.63, 3.8) is 0 Å². The van der Waals surface area contributed by atoms with Crippen LogP contribution in [0.3, 0.4) is 0 Å². The Morgan fingerprint density at radius 1 is 1.83 bits per heavy atom. The molecule has 1 rings (SSSR count). The highest BCUT2D eigenvalue weighted by atomic mass is 16.5. The molecule has 66 valence electrons. The summed E-state index contributed by atoms with van der Waals surface area (Å²) in [4.78, 5) is 11.2. The summed E-state index contributed by atoms with van der Waals surface area (Å²) < 4.78 is 4.58. The number of nitrogens with two attached hydrogens (primary N) is 1. The molecule has 0 aromatic heterocycles. The Hall–Kier alpha value is -1.09. The predicted octanol–water partition coefficient (Wildman–Crippen LogP) is 0.763. The van der Waals surface area contributed by atoms with Gasteiger partial charge in [0.1, 0.15) is 5.54 Å². The molecule has 0 aromatic carbocycles. The van der Waals surface area contributed by atoms with Gasteiger partial charge in [0.05, 0.1) is 7.11 Å². The molecule has 0 aliphatic heterocycles. The third-order valence-corrected chi connectivity index (χ3v) is 2.10. The molecule has 3 nitrogen and oxygen atoms in total. The predicted molar refractivity (Wildman–Crippen MR) is 46.4 cm³/mol. The lowest BCUT2D eigenvalue weighted by Gasteiger charge is -2.17. The van der Waals surface area contributed by atoms with Crippen LogP contribution in [-0.4, -0.2) is 18.6 Å². The molecule has 3 heteroatoms. The summed E-state index contributed by atoms with van der Waals surface area (Å²) in [6.45, 7) is 5.68. The van der Waals surface area contributed by atoms with Crippen molar-refractivity contribution in [1.29, 1.82) is 0 Å². The highest BCUT2D eigenvalue weighted by Crippen LogP contribution is 2.30. The van der Waals surface area contributed by atoms with Gasteiger partial charge in [-0.05, 0) is 18.1 Å². The number of carbonyl (C=O) groups excluding carboxylic acids is 1. The van der Waals surface area contributed by atoms with Gasteiger partial charge < -0.3 is 10.5 Å². The third kappa shape index (κ3) is 1.28. The van der Waals surface area contributed by atoms with Crippen molar-refractivity contribution >= 4 is 5.97 Å². The van der Waals surface area contributed by atoms with Crippen molar-refractivity contribution in [1.82, 2.24) is 0 Å². The van der Waals surface area contributed by atoms with Crippen molar-refractivity contribution in [3.8, 4) is 0 Å². The van der Waals surface area contributed by atoms with Crippen LogP contribution in [0.4, 0.5) is 0 Å². The maximum Gasteiger partial charge on any atom is 0.330 e. The summed E-state index contributed by atoms with van der Waals surface area (Å²) in [5.74, 6) is -0.402. The molecule has 0 fully saturated rings. The van der Waals surface area contributed by atoms with E-state index in [4.69, 9.17) is 5.73 Å². The fourth-order valence-electron chi connectivity index (χ4n) is 1.35. The van der Waals surface area contributed by atoms with Gasteiger partial charge in [-0.2, -0.15) is 0 Å². The van der Waals surface area contributed by atoms with Crippen molar-refractivity contribution in [2.45, 2.75) is 18.9 Å². The van der Waals surface area contributed by atoms with E-state index in [9.17, 15) is 4.79 Å². The largest absolute Gasteiger partial charge is 0.467 e. The van der Waals surface area contributed by atoms with Gasteiger partial charge in [0.25, 0.3) is 0 Å². The number of ether oxygens (including phenoxy) is 1. The number of rotatable bonds is 1. The van der Waals surface area contributed by atoms with E-state index < -0.39 is 11.5 Å². The van der Waals surface area contributed by atoms with Crippen molar-refractivity contribution in [2.75, 3.05) is 7.11 Å². The molecule has 0 bridgehead atoms. The van der Waals surface area contributed by atoms with Crippen molar-refractivity contribution in [3.05, 3.63) is 23.8 Å². The molecule has 0 spiro atoms. The van der Waals surface area contributed by atoms with E-state index in [0.29, 0.717) is 6.42 Å². The Morgan fingerprint density at radius 2 is 2.42 bits per heavy atom. The molecular formula is C9H13NO2. The van der Waals surface area contributed by atoms with E-state index in [1.54, 1.807) is 6.08 Å². The zero-order valence-corrected chi connectivity index (χ0v) is 7.39. The normalized spacial score (nSPS) is 28.6. The molecule has 1 aliphatic rings. The Balaban J connectivity index is 2.91. The van der Waals surface area contributed by atoms with E-state index in [-0.39, 0.29) is 0 Å². The maximum absolute atomic E-state index is 11.2. The van der Waals surface area contributed by atoms with Crippen LogP contribution in [-0.2, 0) is 9.53 Å². The topological polar surface area (TPSA) is 52.3 Å². The fourth-order valence-corrected chi connectivity index (χ4v) is 1.35. The monoisotopic (exact) mass is 167 g/mol. The Morgan fingerprint density at radius 3 is 2.75 bits per heavy atom. The Kier molecular flexibility index (Phi) is 2.06. The second-order valence-electron chi connectivity index (χ2n) is 3.14. The summed E-state index contributed by atoms with van der Waals surface area (Å²) in [5.41, 5.74) is 6.69. The van der Waals surface area contributed by atoms with Crippen LogP contribution in [0, 0.1) is 0 Å². The van der Waals surface area contributed by atoms with E-state index >= 15 is 0 Å². The second kappa shape index (κ2) is 2.75. The summed E-state index contributed by atoms with van der Waals surface area (Å²) >= 11 is 0. The van der Waals surface area contributed by atoms with Gasteiger partial charge >= 0.3 is 5.97 Å². The quantitative estimate of drug-likeness (QED) is 0.587. The zero-order valence-electron chi connectivity index (χ0n) is 7.39. The molecule has 1 atom stereocenters. The highest BCUT2D eigenvalue weighted by Gasteiger charge is 2.37. The van der Waals surface area contributed by atoms with Crippen LogP contribution in [0.15, 0.2) is 23.8 Å². The molecule has 0 saturated carbocycles. The number of hydrogen-bond acceptors (Lipinski definition) is 3. The van der Waals surface area contributed by atoms with Gasteiger partial charge in [-0.1, -0.05) is 12.7 Å². The Bertz CT molecular complexity index is 268. The van der Waals surface area contributed by atoms with Gasteiger partial charge in [-0.15, -0.1) is 0 Å². The summed E-state index contributed by atoms with van der Waals surface area (Å²) in [5, 5.41) is 0. The summed E-state index contributed by atoms with van der Waals surface area (Å²) in [7, 11) is 1.33. The fraction of sp³-hybridized carbons (Fsp3) is 0.444. The average molecular weight is 167 g/mol. The first-order chi connectivity index (χ1) is 5.49. The van der Waals surface area contributed by atoms with Crippen molar-refractivity contribution in [2.24, 2.45) is 5.73 Å². The van der Waals surface area contributed by atoms with Gasteiger partial charge in [-0.3, -0.25) is 0 Å². The number of hydrogen-bond donors (Lipinski definition) is 1. The molecule has 0 radical (unpaired) electrons. The van der Waals surface area contributed by atoms with Crippen LogP contribution in [0.1, 0.15) is 13.3 Å². The lowest BCUT2D eigenvalue weighted by atomic mass is 10.00.